The van der Waals surface area contributed by atoms with Crippen molar-refractivity contribution in [3.8, 4) is 17.3 Å². The number of aryl methyl sites for hydroxylation is 1. The standard InChI is InChI=1S/C33H38F2N8O3/c1-17(37-32(45)40-15-33(34,35)16-40)24-8-6-20-10-26(41(30(20)38-24)14-19-4-5-19)29-18(2)42-27(39-29)11-21(12-28(42)46-3)31(44)43-22-7-9-25(43)23(36)13-22/h6,8,10-12,17,19,22-23,25H,4-5,7,9,13-16,36H2,1-3H3,(H,37,45)/t17-,22+,23-,25-/m1/s1. The maximum atomic E-state index is 13.8. The van der Waals surface area contributed by atoms with Crippen LogP contribution in [0.2, 0.25) is 0 Å². The first-order chi connectivity index (χ1) is 22.0. The lowest BCUT2D eigenvalue weighted by molar-refractivity contribution is -0.110. The molecule has 0 spiro atoms. The van der Waals surface area contributed by atoms with Crippen LogP contribution in [0.4, 0.5) is 13.6 Å². The van der Waals surface area contributed by atoms with Crippen molar-refractivity contribution < 1.29 is 23.1 Å². The lowest BCUT2D eigenvalue weighted by Gasteiger charge is -2.39. The number of nitrogens with one attached hydrogen (secondary N) is 1. The van der Waals surface area contributed by atoms with Crippen molar-refractivity contribution in [2.45, 2.75) is 82.6 Å². The molecule has 4 aromatic rings. The highest BCUT2D eigenvalue weighted by molar-refractivity contribution is 5.97. The SMILES string of the molecule is COc1cc(C(=O)N2[C@H]3CC[C@@H]2[C@H](N)C3)cc2nc(-c3cc4ccc([C@@H](C)NC(=O)N5CC(F)(F)C5)nc4n3CC3CC3)c(C)n12. The summed E-state index contributed by atoms with van der Waals surface area (Å²) in [7, 11) is 1.60. The van der Waals surface area contributed by atoms with Gasteiger partial charge in [-0.15, -0.1) is 0 Å². The van der Waals surface area contributed by atoms with E-state index in [-0.39, 0.29) is 24.0 Å². The summed E-state index contributed by atoms with van der Waals surface area (Å²) in [6.45, 7) is 3.42. The Hall–Kier alpha value is -4.26. The van der Waals surface area contributed by atoms with Gasteiger partial charge in [-0.1, -0.05) is 0 Å². The van der Waals surface area contributed by atoms with E-state index >= 15 is 0 Å². The Balaban J connectivity index is 1.15. The quantitative estimate of drug-likeness (QED) is 0.309. The molecule has 3 saturated heterocycles. The fourth-order valence-electron chi connectivity index (χ4n) is 7.62. The molecule has 4 aliphatic rings. The van der Waals surface area contributed by atoms with E-state index in [1.54, 1.807) is 20.1 Å². The summed E-state index contributed by atoms with van der Waals surface area (Å²) in [5.41, 5.74) is 11.5. The summed E-state index contributed by atoms with van der Waals surface area (Å²) >= 11 is 0. The number of ether oxygens (including phenoxy) is 1. The van der Waals surface area contributed by atoms with Crippen LogP contribution >= 0.6 is 0 Å². The molecule has 1 aliphatic carbocycles. The number of carbonyl (C=O) groups is 2. The number of fused-ring (bicyclic) bond motifs is 4. The number of pyridine rings is 2. The van der Waals surface area contributed by atoms with Crippen LogP contribution in [0.1, 0.15) is 66.8 Å². The summed E-state index contributed by atoms with van der Waals surface area (Å²) in [6, 6.07) is 8.82. The average Bonchev–Trinajstić information content (AvgIpc) is 3.33. The minimum Gasteiger partial charge on any atom is -0.482 e. The number of nitrogens with two attached hydrogens (primary N) is 1. The van der Waals surface area contributed by atoms with Crippen LogP contribution in [-0.4, -0.2) is 84.9 Å². The maximum absolute atomic E-state index is 13.8. The number of methoxy groups -OCH3 is 1. The first-order valence-electron chi connectivity index (χ1n) is 16.1. The Morgan fingerprint density at radius 2 is 1.91 bits per heavy atom. The molecule has 11 nitrogen and oxygen atoms in total. The molecule has 1 saturated carbocycles. The summed E-state index contributed by atoms with van der Waals surface area (Å²) in [5, 5.41) is 3.74. The molecular formula is C33H38F2N8O3. The molecular weight excluding hydrogens is 594 g/mol. The smallest absolute Gasteiger partial charge is 0.318 e. The minimum absolute atomic E-state index is 0.0175. The largest absolute Gasteiger partial charge is 0.482 e. The number of nitrogens with zero attached hydrogens (tertiary/aromatic N) is 6. The van der Waals surface area contributed by atoms with E-state index in [1.165, 1.54) is 0 Å². The molecule has 4 atom stereocenters. The Morgan fingerprint density at radius 1 is 1.13 bits per heavy atom. The van der Waals surface area contributed by atoms with Crippen molar-refractivity contribution >= 4 is 28.6 Å². The molecule has 4 aromatic heterocycles. The normalized spacial score (nSPS) is 24.1. The number of hydrogen-bond donors (Lipinski definition) is 2. The molecule has 7 heterocycles. The maximum Gasteiger partial charge on any atom is 0.318 e. The number of halogens is 2. The van der Waals surface area contributed by atoms with Gasteiger partial charge in [0.1, 0.15) is 17.0 Å². The van der Waals surface area contributed by atoms with Crippen molar-refractivity contribution in [2.24, 2.45) is 11.7 Å². The third-order valence-electron chi connectivity index (χ3n) is 10.3. The Morgan fingerprint density at radius 3 is 2.57 bits per heavy atom. The van der Waals surface area contributed by atoms with E-state index < -0.39 is 31.1 Å². The molecule has 0 radical (unpaired) electrons. The van der Waals surface area contributed by atoms with Gasteiger partial charge in [-0.05, 0) is 76.1 Å². The highest BCUT2D eigenvalue weighted by Gasteiger charge is 2.48. The zero-order valence-corrected chi connectivity index (χ0v) is 26.2. The predicted octanol–water partition coefficient (Wildman–Crippen LogP) is 4.50. The van der Waals surface area contributed by atoms with Crippen LogP contribution in [0, 0.1) is 12.8 Å². The number of amides is 3. The van der Waals surface area contributed by atoms with E-state index in [4.69, 9.17) is 20.4 Å². The van der Waals surface area contributed by atoms with E-state index in [0.717, 1.165) is 71.7 Å². The number of hydrogen-bond acceptors (Lipinski definition) is 6. The highest BCUT2D eigenvalue weighted by Crippen LogP contribution is 2.40. The van der Waals surface area contributed by atoms with Crippen LogP contribution in [0.3, 0.4) is 0 Å². The molecule has 242 valence electrons. The fraction of sp³-hybridized carbons (Fsp3) is 0.515. The molecule has 3 amide bonds. The van der Waals surface area contributed by atoms with E-state index in [9.17, 15) is 18.4 Å². The topological polar surface area (TPSA) is 123 Å². The van der Waals surface area contributed by atoms with Crippen molar-refractivity contribution in [1.29, 1.82) is 0 Å². The molecule has 0 unspecified atom stereocenters. The highest BCUT2D eigenvalue weighted by atomic mass is 19.3. The zero-order chi connectivity index (χ0) is 32.1. The van der Waals surface area contributed by atoms with Gasteiger partial charge in [0.15, 0.2) is 5.88 Å². The van der Waals surface area contributed by atoms with Gasteiger partial charge in [-0.25, -0.2) is 23.5 Å². The van der Waals surface area contributed by atoms with Crippen LogP contribution in [0.15, 0.2) is 30.3 Å². The van der Waals surface area contributed by atoms with Crippen molar-refractivity contribution in [3.05, 3.63) is 47.3 Å². The minimum atomic E-state index is -2.82. The average molecular weight is 633 g/mol. The summed E-state index contributed by atoms with van der Waals surface area (Å²) in [6.07, 6.45) is 5.04. The van der Waals surface area contributed by atoms with E-state index in [1.807, 2.05) is 34.4 Å². The predicted molar refractivity (Wildman–Crippen MR) is 167 cm³/mol. The molecule has 8 rings (SSSR count). The van der Waals surface area contributed by atoms with E-state index in [2.05, 4.69) is 16.0 Å². The first kappa shape index (κ1) is 29.2. The fourth-order valence-corrected chi connectivity index (χ4v) is 7.62. The third-order valence-corrected chi connectivity index (χ3v) is 10.3. The van der Waals surface area contributed by atoms with Crippen molar-refractivity contribution in [2.75, 3.05) is 20.2 Å². The first-order valence-corrected chi connectivity index (χ1v) is 16.1. The lowest BCUT2D eigenvalue weighted by Crippen LogP contribution is -2.61. The Kier molecular flexibility index (Phi) is 6.58. The number of rotatable bonds is 7. The summed E-state index contributed by atoms with van der Waals surface area (Å²) in [5.74, 6) is -1.80. The van der Waals surface area contributed by atoms with Gasteiger partial charge >= 0.3 is 6.03 Å². The zero-order valence-electron chi connectivity index (χ0n) is 26.2. The van der Waals surface area contributed by atoms with Crippen LogP contribution < -0.4 is 15.8 Å². The van der Waals surface area contributed by atoms with Gasteiger partial charge < -0.3 is 30.2 Å². The van der Waals surface area contributed by atoms with Gasteiger partial charge in [0.25, 0.3) is 11.8 Å². The number of carbonyl (C=O) groups excluding carboxylic acids is 2. The molecule has 46 heavy (non-hydrogen) atoms. The van der Waals surface area contributed by atoms with Gasteiger partial charge in [0, 0.05) is 41.7 Å². The molecule has 3 N–H and O–H groups in total. The van der Waals surface area contributed by atoms with Crippen molar-refractivity contribution in [3.63, 3.8) is 0 Å². The number of urea groups is 1. The van der Waals surface area contributed by atoms with Gasteiger partial charge in [0.05, 0.1) is 43.3 Å². The van der Waals surface area contributed by atoms with E-state index in [0.29, 0.717) is 28.7 Å². The molecule has 0 aromatic carbocycles. The molecule has 4 fully saturated rings. The third kappa shape index (κ3) is 4.69. The van der Waals surface area contributed by atoms with Crippen LogP contribution in [-0.2, 0) is 6.54 Å². The lowest BCUT2D eigenvalue weighted by atomic mass is 9.97. The van der Waals surface area contributed by atoms with Gasteiger partial charge in [-0.3, -0.25) is 9.20 Å². The van der Waals surface area contributed by atoms with Crippen LogP contribution in [0.25, 0.3) is 28.1 Å². The number of alkyl halides is 2. The van der Waals surface area contributed by atoms with Gasteiger partial charge in [0.2, 0.25) is 0 Å². The Bertz CT molecular complexity index is 1890. The Labute approximate surface area is 264 Å². The van der Waals surface area contributed by atoms with Gasteiger partial charge in [-0.2, -0.15) is 0 Å². The second kappa shape index (κ2) is 10.4. The number of likely N-dealkylation sites (tertiary alicyclic amines) is 1. The molecule has 2 bridgehead atoms. The molecule has 13 heteroatoms. The summed E-state index contributed by atoms with van der Waals surface area (Å²) in [4.78, 5) is 39.4. The summed E-state index contributed by atoms with van der Waals surface area (Å²) < 4.78 is 36.6. The van der Waals surface area contributed by atoms with Crippen LogP contribution in [0.5, 0.6) is 5.88 Å². The second-order valence-corrected chi connectivity index (χ2v) is 13.6. The number of imidazole rings is 1. The monoisotopic (exact) mass is 632 g/mol. The van der Waals surface area contributed by atoms with Crippen molar-refractivity contribution in [1.82, 2.24) is 34.1 Å². The molecule has 3 aliphatic heterocycles. The second-order valence-electron chi connectivity index (χ2n) is 13.6. The number of aromatic nitrogens is 4.